The van der Waals surface area contributed by atoms with Gasteiger partial charge in [-0.1, -0.05) is 249 Å². The highest BCUT2D eigenvalue weighted by molar-refractivity contribution is 5.76. The van der Waals surface area contributed by atoms with E-state index in [9.17, 15) is 35.1 Å². The number of nitrogens with one attached hydrogen (secondary N) is 1. The zero-order valence-corrected chi connectivity index (χ0v) is 49.0. The lowest BCUT2D eigenvalue weighted by Crippen LogP contribution is -2.60. The van der Waals surface area contributed by atoms with Gasteiger partial charge in [0, 0.05) is 12.8 Å². The summed E-state index contributed by atoms with van der Waals surface area (Å²) in [5, 5.41) is 54.2. The molecule has 1 rings (SSSR count). The molecule has 11 heteroatoms. The third-order valence-electron chi connectivity index (χ3n) is 14.9. The van der Waals surface area contributed by atoms with Gasteiger partial charge in [-0.05, 0) is 77.0 Å². The summed E-state index contributed by atoms with van der Waals surface area (Å²) in [5.41, 5.74) is 0. The van der Waals surface area contributed by atoms with E-state index >= 15 is 0 Å². The predicted octanol–water partition coefficient (Wildman–Crippen LogP) is 15.2. The normalized spacial score (nSPS) is 19.0. The summed E-state index contributed by atoms with van der Waals surface area (Å²) in [6.45, 7) is 4.28. The summed E-state index contributed by atoms with van der Waals surface area (Å²) in [5.74, 6) is -0.197. The van der Waals surface area contributed by atoms with Crippen molar-refractivity contribution in [2.45, 2.75) is 333 Å². The van der Waals surface area contributed by atoms with Crippen LogP contribution in [-0.2, 0) is 23.8 Å². The molecule has 0 radical (unpaired) electrons. The maximum Gasteiger partial charge on any atom is 0.305 e. The van der Waals surface area contributed by atoms with Crippen LogP contribution in [0.4, 0.5) is 0 Å². The SMILES string of the molecule is CCCCC/C=C/CC/C=C/C(O)C(COC1OC(CO)C(O)C(O)C1O)NC(=O)CCCCCCCCCCCCC/C=C\C/C=C\CCCCCCCCCCCOC(=O)CCCCCCCCCCCCCC. The molecule has 1 saturated heterocycles. The molecule has 1 amide bonds. The van der Waals surface area contributed by atoms with E-state index in [0.29, 0.717) is 19.4 Å². The fourth-order valence-electron chi connectivity index (χ4n) is 9.83. The molecule has 7 unspecified atom stereocenters. The number of unbranched alkanes of at least 4 members (excludes halogenated alkanes) is 35. The van der Waals surface area contributed by atoms with Crippen molar-refractivity contribution < 1.29 is 49.3 Å². The van der Waals surface area contributed by atoms with Gasteiger partial charge in [0.1, 0.15) is 24.4 Å². The first kappa shape index (κ1) is 71.6. The van der Waals surface area contributed by atoms with Gasteiger partial charge in [0.25, 0.3) is 0 Å². The topological polar surface area (TPSA) is 175 Å². The molecule has 0 aromatic heterocycles. The lowest BCUT2D eigenvalue weighted by molar-refractivity contribution is -0.302. The van der Waals surface area contributed by atoms with Crippen LogP contribution >= 0.6 is 0 Å². The van der Waals surface area contributed by atoms with Crippen LogP contribution in [0.5, 0.6) is 0 Å². The maximum absolute atomic E-state index is 13.0. The van der Waals surface area contributed by atoms with E-state index in [-0.39, 0.29) is 18.5 Å². The van der Waals surface area contributed by atoms with E-state index in [2.05, 4.69) is 55.6 Å². The molecule has 0 aromatic rings. The molecule has 0 saturated carbocycles. The van der Waals surface area contributed by atoms with Gasteiger partial charge in [-0.2, -0.15) is 0 Å². The van der Waals surface area contributed by atoms with E-state index in [0.717, 1.165) is 70.6 Å². The van der Waals surface area contributed by atoms with Gasteiger partial charge in [0.2, 0.25) is 5.91 Å². The lowest BCUT2D eigenvalue weighted by Gasteiger charge is -2.40. The van der Waals surface area contributed by atoms with Crippen LogP contribution in [0.2, 0.25) is 0 Å². The summed E-state index contributed by atoms with van der Waals surface area (Å²) in [6, 6.07) is -0.829. The van der Waals surface area contributed by atoms with Crippen LogP contribution < -0.4 is 5.32 Å². The molecule has 6 N–H and O–H groups in total. The Morgan fingerprint density at radius 2 is 0.895 bits per heavy atom. The van der Waals surface area contributed by atoms with Gasteiger partial charge in [-0.3, -0.25) is 9.59 Å². The average molecular weight is 1070 g/mol. The Labute approximate surface area is 466 Å². The second-order valence-electron chi connectivity index (χ2n) is 22.1. The van der Waals surface area contributed by atoms with Crippen molar-refractivity contribution in [3.63, 3.8) is 0 Å². The summed E-state index contributed by atoms with van der Waals surface area (Å²) >= 11 is 0. The highest BCUT2D eigenvalue weighted by Crippen LogP contribution is 2.23. The van der Waals surface area contributed by atoms with E-state index < -0.39 is 49.5 Å². The summed E-state index contributed by atoms with van der Waals surface area (Å²) in [7, 11) is 0. The molecule has 0 spiro atoms. The highest BCUT2D eigenvalue weighted by Gasteiger charge is 2.44. The van der Waals surface area contributed by atoms with Crippen LogP contribution in [0.3, 0.4) is 0 Å². The molecule has 0 bridgehead atoms. The predicted molar refractivity (Wildman–Crippen MR) is 315 cm³/mol. The number of rotatable bonds is 55. The fraction of sp³-hybridized carbons (Fsp3) is 0.846. The van der Waals surface area contributed by atoms with Gasteiger partial charge in [-0.25, -0.2) is 0 Å². The molecule has 0 aliphatic carbocycles. The summed E-state index contributed by atoms with van der Waals surface area (Å²) < 4.78 is 16.7. The molecular formula is C65H119NO10. The first-order valence-corrected chi connectivity index (χ1v) is 31.9. The van der Waals surface area contributed by atoms with Gasteiger partial charge in [-0.15, -0.1) is 0 Å². The minimum absolute atomic E-state index is 0.00103. The number of amides is 1. The number of hydrogen-bond acceptors (Lipinski definition) is 10. The minimum atomic E-state index is -1.58. The number of carbonyl (C=O) groups is 2. The zero-order chi connectivity index (χ0) is 55.2. The standard InChI is InChI=1S/C65H119NO10/c1-3-5-7-9-11-13-14-33-37-41-45-49-53-61(70)74-54-50-46-42-38-34-31-29-27-25-23-21-19-17-15-16-18-20-22-24-26-28-30-32-36-40-44-48-52-60(69)66-57(58(68)51-47-43-39-35-12-10-8-6-4-2)56-75-65-64(73)63(72)62(71)59(55-67)76-65/h12,15-16,19,21,35,47,51,57-59,62-65,67-68,71-73H,3-11,13-14,17-18,20,22-34,36-46,48-50,52-56H2,1-2H3,(H,66,69)/b16-15-,21-19-,35-12+,51-47+. The molecular weight excluding hydrogens is 955 g/mol. The summed E-state index contributed by atoms with van der Waals surface area (Å²) in [4.78, 5) is 25.0. The van der Waals surface area contributed by atoms with Crippen molar-refractivity contribution in [2.75, 3.05) is 19.8 Å². The number of carbonyl (C=O) groups excluding carboxylic acids is 2. The van der Waals surface area contributed by atoms with Crippen molar-refractivity contribution in [1.82, 2.24) is 5.32 Å². The van der Waals surface area contributed by atoms with Crippen molar-refractivity contribution in [3.05, 3.63) is 48.6 Å². The third-order valence-corrected chi connectivity index (χ3v) is 14.9. The van der Waals surface area contributed by atoms with Crippen molar-refractivity contribution >= 4 is 11.9 Å². The Kier molecular flexibility index (Phi) is 51.4. The maximum atomic E-state index is 13.0. The molecule has 76 heavy (non-hydrogen) atoms. The fourth-order valence-corrected chi connectivity index (χ4v) is 9.83. The first-order chi connectivity index (χ1) is 37.2. The van der Waals surface area contributed by atoms with Crippen LogP contribution in [0.25, 0.3) is 0 Å². The molecule has 1 heterocycles. The van der Waals surface area contributed by atoms with Crippen LogP contribution in [-0.4, -0.2) is 100 Å². The largest absolute Gasteiger partial charge is 0.466 e. The molecule has 1 aliphatic rings. The van der Waals surface area contributed by atoms with Crippen LogP contribution in [0, 0.1) is 0 Å². The number of allylic oxidation sites excluding steroid dienone is 7. The van der Waals surface area contributed by atoms with Gasteiger partial charge in [0.15, 0.2) is 6.29 Å². The Balaban J connectivity index is 1.99. The number of aliphatic hydroxyl groups is 5. The quantitative estimate of drug-likeness (QED) is 0.0195. The Morgan fingerprint density at radius 3 is 1.41 bits per heavy atom. The van der Waals surface area contributed by atoms with Gasteiger partial charge in [0.05, 0.1) is 32.0 Å². The molecule has 7 atom stereocenters. The molecule has 0 aromatic carbocycles. The monoisotopic (exact) mass is 1070 g/mol. The summed E-state index contributed by atoms with van der Waals surface area (Å²) in [6.07, 6.45) is 59.6. The Morgan fingerprint density at radius 1 is 0.487 bits per heavy atom. The molecule has 11 nitrogen and oxygen atoms in total. The number of hydrogen-bond donors (Lipinski definition) is 6. The average Bonchev–Trinajstić information content (AvgIpc) is 3.42. The van der Waals surface area contributed by atoms with Gasteiger partial charge >= 0.3 is 5.97 Å². The first-order valence-electron chi connectivity index (χ1n) is 31.9. The van der Waals surface area contributed by atoms with E-state index in [1.165, 1.54) is 193 Å². The molecule has 1 fully saturated rings. The number of esters is 1. The molecule has 444 valence electrons. The Bertz CT molecular complexity index is 1400. The van der Waals surface area contributed by atoms with E-state index in [4.69, 9.17) is 14.2 Å². The van der Waals surface area contributed by atoms with Crippen molar-refractivity contribution in [3.8, 4) is 0 Å². The number of aliphatic hydroxyl groups excluding tert-OH is 5. The van der Waals surface area contributed by atoms with Crippen LogP contribution in [0.15, 0.2) is 48.6 Å². The highest BCUT2D eigenvalue weighted by atomic mass is 16.7. The second-order valence-corrected chi connectivity index (χ2v) is 22.1. The number of ether oxygens (including phenoxy) is 3. The lowest BCUT2D eigenvalue weighted by atomic mass is 9.99. The zero-order valence-electron chi connectivity index (χ0n) is 49.0. The third kappa shape index (κ3) is 43.5. The minimum Gasteiger partial charge on any atom is -0.466 e. The van der Waals surface area contributed by atoms with E-state index in [1.807, 2.05) is 6.08 Å². The van der Waals surface area contributed by atoms with Crippen LogP contribution in [0.1, 0.15) is 290 Å². The smallest absolute Gasteiger partial charge is 0.305 e. The van der Waals surface area contributed by atoms with Gasteiger partial charge < -0.3 is 45.1 Å². The van der Waals surface area contributed by atoms with Crippen molar-refractivity contribution in [2.24, 2.45) is 0 Å². The van der Waals surface area contributed by atoms with Crippen molar-refractivity contribution in [1.29, 1.82) is 0 Å². The van der Waals surface area contributed by atoms with E-state index in [1.54, 1.807) is 6.08 Å². The molecule has 1 aliphatic heterocycles. The second kappa shape index (κ2) is 54.6. The Hall–Kier alpha value is -2.38.